The van der Waals surface area contributed by atoms with Crippen LogP contribution >= 0.6 is 11.3 Å². The van der Waals surface area contributed by atoms with Gasteiger partial charge in [-0.2, -0.15) is 0 Å². The van der Waals surface area contributed by atoms with Crippen LogP contribution < -0.4 is 0 Å². The van der Waals surface area contributed by atoms with E-state index in [9.17, 15) is 5.11 Å². The highest BCUT2D eigenvalue weighted by Crippen LogP contribution is 2.32. The van der Waals surface area contributed by atoms with E-state index in [1.54, 1.807) is 11.3 Å². The molecule has 0 bridgehead atoms. The van der Waals surface area contributed by atoms with Crippen LogP contribution in [-0.4, -0.2) is 18.3 Å². The van der Waals surface area contributed by atoms with Gasteiger partial charge in [0.15, 0.2) is 0 Å². The van der Waals surface area contributed by atoms with Gasteiger partial charge in [-0.05, 0) is 24.0 Å². The van der Waals surface area contributed by atoms with Gasteiger partial charge < -0.3 is 9.84 Å². The zero-order valence-corrected chi connectivity index (χ0v) is 11.4. The highest BCUT2D eigenvalue weighted by molar-refractivity contribution is 7.12. The molecule has 1 atom stereocenters. The number of hydrogen-bond acceptors (Lipinski definition) is 3. The van der Waals surface area contributed by atoms with Crippen molar-refractivity contribution in [2.75, 3.05) is 13.2 Å². The maximum Gasteiger partial charge on any atom is 0.111 e. The van der Waals surface area contributed by atoms with E-state index >= 15 is 0 Å². The first-order valence-electron chi connectivity index (χ1n) is 5.81. The molecule has 1 aromatic rings. The summed E-state index contributed by atoms with van der Waals surface area (Å²) in [5.74, 6) is 0. The minimum atomic E-state index is -0.479. The molecule has 1 heterocycles. The van der Waals surface area contributed by atoms with Crippen LogP contribution in [0.25, 0.3) is 0 Å². The topological polar surface area (TPSA) is 29.5 Å². The lowest BCUT2D eigenvalue weighted by atomic mass is 9.95. The fraction of sp³-hybridized carbons (Fsp3) is 0.692. The quantitative estimate of drug-likeness (QED) is 0.801. The smallest absolute Gasteiger partial charge is 0.111 e. The summed E-state index contributed by atoms with van der Waals surface area (Å²) in [6.45, 7) is 9.73. The first kappa shape index (κ1) is 13.7. The Kier molecular flexibility index (Phi) is 4.96. The maximum absolute atomic E-state index is 9.91. The van der Waals surface area contributed by atoms with Gasteiger partial charge in [0.1, 0.15) is 6.10 Å². The van der Waals surface area contributed by atoms with Crippen molar-refractivity contribution in [1.29, 1.82) is 0 Å². The Balaban J connectivity index is 2.56. The first-order valence-corrected chi connectivity index (χ1v) is 6.63. The molecule has 92 valence electrons. The second-order valence-corrected chi connectivity index (χ2v) is 6.16. The monoisotopic (exact) mass is 242 g/mol. The molecule has 0 aromatic carbocycles. The SMILES string of the molecule is CCCOCC(O)c1ccc(C(C)(C)C)s1. The second-order valence-electron chi connectivity index (χ2n) is 5.04. The summed E-state index contributed by atoms with van der Waals surface area (Å²) < 4.78 is 5.35. The molecule has 0 fully saturated rings. The summed E-state index contributed by atoms with van der Waals surface area (Å²) in [7, 11) is 0. The van der Waals surface area contributed by atoms with Crippen LogP contribution in [-0.2, 0) is 10.2 Å². The third kappa shape index (κ3) is 3.89. The summed E-state index contributed by atoms with van der Waals surface area (Å²) in [5.41, 5.74) is 0.160. The summed E-state index contributed by atoms with van der Waals surface area (Å²) >= 11 is 1.68. The Morgan fingerprint density at radius 1 is 1.38 bits per heavy atom. The van der Waals surface area contributed by atoms with Gasteiger partial charge in [-0.3, -0.25) is 0 Å². The van der Waals surface area contributed by atoms with Gasteiger partial charge in [0.2, 0.25) is 0 Å². The molecule has 3 heteroatoms. The van der Waals surface area contributed by atoms with Gasteiger partial charge in [-0.15, -0.1) is 11.3 Å². The lowest BCUT2D eigenvalue weighted by Gasteiger charge is -2.15. The molecule has 0 saturated carbocycles. The summed E-state index contributed by atoms with van der Waals surface area (Å²) in [6.07, 6.45) is 0.511. The van der Waals surface area contributed by atoms with Crippen LogP contribution in [0.5, 0.6) is 0 Å². The molecule has 2 nitrogen and oxygen atoms in total. The minimum absolute atomic E-state index is 0.160. The van der Waals surface area contributed by atoms with Crippen LogP contribution in [0.15, 0.2) is 12.1 Å². The van der Waals surface area contributed by atoms with Crippen molar-refractivity contribution >= 4 is 11.3 Å². The van der Waals surface area contributed by atoms with Crippen LogP contribution in [0, 0.1) is 0 Å². The van der Waals surface area contributed by atoms with E-state index in [4.69, 9.17) is 4.74 Å². The Labute approximate surface area is 102 Å². The zero-order valence-electron chi connectivity index (χ0n) is 10.6. The minimum Gasteiger partial charge on any atom is -0.385 e. The van der Waals surface area contributed by atoms with E-state index in [1.165, 1.54) is 4.88 Å². The Morgan fingerprint density at radius 3 is 2.56 bits per heavy atom. The Bertz CT molecular complexity index is 312. The summed E-state index contributed by atoms with van der Waals surface area (Å²) in [5, 5.41) is 9.91. The fourth-order valence-electron chi connectivity index (χ4n) is 1.36. The third-order valence-corrected chi connectivity index (χ3v) is 3.93. The van der Waals surface area contributed by atoms with Gasteiger partial charge in [-0.1, -0.05) is 27.7 Å². The third-order valence-electron chi connectivity index (χ3n) is 2.32. The van der Waals surface area contributed by atoms with Gasteiger partial charge in [0.05, 0.1) is 6.61 Å². The molecule has 0 aliphatic carbocycles. The molecule has 0 aliphatic rings. The van der Waals surface area contributed by atoms with Crippen molar-refractivity contribution in [2.45, 2.75) is 45.6 Å². The predicted molar refractivity (Wildman–Crippen MR) is 69.1 cm³/mol. The Morgan fingerprint density at radius 2 is 2.06 bits per heavy atom. The standard InChI is InChI=1S/C13H22O2S/c1-5-8-15-9-10(14)11-6-7-12(16-11)13(2,3)4/h6-7,10,14H,5,8-9H2,1-4H3. The average molecular weight is 242 g/mol. The zero-order chi connectivity index (χ0) is 12.2. The molecule has 1 N–H and O–H groups in total. The lowest BCUT2D eigenvalue weighted by Crippen LogP contribution is -2.08. The lowest BCUT2D eigenvalue weighted by molar-refractivity contribution is 0.0382. The molecule has 1 aromatic heterocycles. The number of rotatable bonds is 5. The van der Waals surface area contributed by atoms with E-state index in [-0.39, 0.29) is 5.41 Å². The normalized spacial score (nSPS) is 14.1. The molecule has 16 heavy (non-hydrogen) atoms. The largest absolute Gasteiger partial charge is 0.385 e. The van der Waals surface area contributed by atoms with Crippen molar-refractivity contribution in [2.24, 2.45) is 0 Å². The van der Waals surface area contributed by atoms with E-state index < -0.39 is 6.10 Å². The molecule has 1 rings (SSSR count). The van der Waals surface area contributed by atoms with Crippen molar-refractivity contribution in [3.05, 3.63) is 21.9 Å². The van der Waals surface area contributed by atoms with Gasteiger partial charge in [0.25, 0.3) is 0 Å². The molecule has 0 spiro atoms. The maximum atomic E-state index is 9.91. The van der Waals surface area contributed by atoms with Crippen LogP contribution in [0.2, 0.25) is 0 Å². The number of ether oxygens (including phenoxy) is 1. The van der Waals surface area contributed by atoms with Gasteiger partial charge in [-0.25, -0.2) is 0 Å². The average Bonchev–Trinajstić information content (AvgIpc) is 2.66. The van der Waals surface area contributed by atoms with Crippen molar-refractivity contribution in [3.63, 3.8) is 0 Å². The first-order chi connectivity index (χ1) is 7.45. The van der Waals surface area contributed by atoms with Crippen LogP contribution in [0.4, 0.5) is 0 Å². The summed E-state index contributed by atoms with van der Waals surface area (Å²) in [6, 6.07) is 4.11. The number of aliphatic hydroxyl groups is 1. The molecular formula is C13H22O2S. The highest BCUT2D eigenvalue weighted by Gasteiger charge is 2.18. The number of aliphatic hydroxyl groups excluding tert-OH is 1. The van der Waals surface area contributed by atoms with Crippen LogP contribution in [0.3, 0.4) is 0 Å². The molecule has 0 amide bonds. The van der Waals surface area contributed by atoms with Crippen molar-refractivity contribution in [3.8, 4) is 0 Å². The fourth-order valence-corrected chi connectivity index (χ4v) is 2.39. The van der Waals surface area contributed by atoms with E-state index in [0.29, 0.717) is 13.2 Å². The second kappa shape index (κ2) is 5.80. The van der Waals surface area contributed by atoms with E-state index in [0.717, 1.165) is 11.3 Å². The molecular weight excluding hydrogens is 220 g/mol. The molecule has 0 radical (unpaired) electrons. The van der Waals surface area contributed by atoms with Crippen LogP contribution in [0.1, 0.15) is 50.0 Å². The summed E-state index contributed by atoms with van der Waals surface area (Å²) in [4.78, 5) is 2.30. The molecule has 1 unspecified atom stereocenters. The van der Waals surface area contributed by atoms with Crippen molar-refractivity contribution in [1.82, 2.24) is 0 Å². The van der Waals surface area contributed by atoms with E-state index in [1.807, 2.05) is 6.07 Å². The van der Waals surface area contributed by atoms with Gasteiger partial charge in [0, 0.05) is 16.4 Å². The Hall–Kier alpha value is -0.380. The number of thiophene rings is 1. The molecule has 0 aliphatic heterocycles. The van der Waals surface area contributed by atoms with Gasteiger partial charge >= 0.3 is 0 Å². The van der Waals surface area contributed by atoms with E-state index in [2.05, 4.69) is 33.8 Å². The molecule has 0 saturated heterocycles. The van der Waals surface area contributed by atoms with Crippen molar-refractivity contribution < 1.29 is 9.84 Å². The predicted octanol–water partition coefficient (Wildman–Crippen LogP) is 3.51. The number of hydrogen-bond donors (Lipinski definition) is 1. The highest BCUT2D eigenvalue weighted by atomic mass is 32.1.